The molecular formula is C14H26N4. The van der Waals surface area contributed by atoms with E-state index in [1.807, 2.05) is 13.0 Å². The van der Waals surface area contributed by atoms with Crippen molar-refractivity contribution in [3.05, 3.63) is 17.6 Å². The maximum absolute atomic E-state index is 6.05. The Kier molecular flexibility index (Phi) is 5.54. The Hall–Kier alpha value is -1.16. The third-order valence-corrected chi connectivity index (χ3v) is 2.71. The van der Waals surface area contributed by atoms with Crippen molar-refractivity contribution < 1.29 is 0 Å². The van der Waals surface area contributed by atoms with Gasteiger partial charge in [0.2, 0.25) is 0 Å². The molecule has 1 rings (SSSR count). The molecule has 0 aliphatic rings. The lowest BCUT2D eigenvalue weighted by Gasteiger charge is -2.16. The predicted octanol–water partition coefficient (Wildman–Crippen LogP) is 2.69. The van der Waals surface area contributed by atoms with Crippen molar-refractivity contribution in [2.45, 2.75) is 53.0 Å². The summed E-state index contributed by atoms with van der Waals surface area (Å²) in [7, 11) is 0. The van der Waals surface area contributed by atoms with E-state index in [0.717, 1.165) is 30.3 Å². The Bertz CT molecular complexity index is 374. The quantitative estimate of drug-likeness (QED) is 0.814. The van der Waals surface area contributed by atoms with Gasteiger partial charge in [-0.3, -0.25) is 0 Å². The predicted molar refractivity (Wildman–Crippen MR) is 76.8 cm³/mol. The average Bonchev–Trinajstić information content (AvgIpc) is 2.24. The van der Waals surface area contributed by atoms with Gasteiger partial charge in [-0.2, -0.15) is 0 Å². The lowest BCUT2D eigenvalue weighted by atomic mass is 10.0. The van der Waals surface area contributed by atoms with Crippen LogP contribution < -0.4 is 11.1 Å². The summed E-state index contributed by atoms with van der Waals surface area (Å²) in [6.07, 6.45) is 1.02. The van der Waals surface area contributed by atoms with Crippen LogP contribution in [-0.4, -0.2) is 22.6 Å². The van der Waals surface area contributed by atoms with Crippen LogP contribution in [0.3, 0.4) is 0 Å². The van der Waals surface area contributed by atoms with Gasteiger partial charge in [-0.15, -0.1) is 0 Å². The second-order valence-corrected chi connectivity index (χ2v) is 5.68. The molecule has 0 aromatic carbocycles. The molecule has 18 heavy (non-hydrogen) atoms. The molecule has 4 heteroatoms. The van der Waals surface area contributed by atoms with Crippen LogP contribution in [0.2, 0.25) is 0 Å². The highest BCUT2D eigenvalue weighted by molar-refractivity contribution is 5.36. The fourth-order valence-electron chi connectivity index (χ4n) is 1.86. The number of hydrogen-bond donors (Lipinski definition) is 2. The zero-order valence-electron chi connectivity index (χ0n) is 12.2. The van der Waals surface area contributed by atoms with Crippen LogP contribution in [0.1, 0.15) is 51.6 Å². The molecule has 1 aromatic heterocycles. The molecule has 0 saturated carbocycles. The third-order valence-electron chi connectivity index (χ3n) is 2.71. The number of nitrogens with two attached hydrogens (primary N) is 1. The van der Waals surface area contributed by atoms with Crippen LogP contribution in [0.4, 0.5) is 5.82 Å². The minimum absolute atomic E-state index is 0.169. The van der Waals surface area contributed by atoms with Crippen LogP contribution >= 0.6 is 0 Å². The number of nitrogens with one attached hydrogen (secondary N) is 1. The molecule has 1 aromatic rings. The van der Waals surface area contributed by atoms with Crippen LogP contribution in [0.25, 0.3) is 0 Å². The van der Waals surface area contributed by atoms with E-state index in [4.69, 9.17) is 5.73 Å². The smallest absolute Gasteiger partial charge is 0.133 e. The van der Waals surface area contributed by atoms with Gasteiger partial charge in [0.1, 0.15) is 11.6 Å². The van der Waals surface area contributed by atoms with Gasteiger partial charge in [0.05, 0.1) is 0 Å². The average molecular weight is 250 g/mol. The monoisotopic (exact) mass is 250 g/mol. The lowest BCUT2D eigenvalue weighted by molar-refractivity contribution is 0.508. The molecule has 4 nitrogen and oxygen atoms in total. The maximum Gasteiger partial charge on any atom is 0.133 e. The largest absolute Gasteiger partial charge is 0.368 e. The van der Waals surface area contributed by atoms with E-state index >= 15 is 0 Å². The number of aromatic nitrogens is 2. The van der Waals surface area contributed by atoms with Crippen LogP contribution in [0.5, 0.6) is 0 Å². The Morgan fingerprint density at radius 3 is 2.44 bits per heavy atom. The normalized spacial score (nSPS) is 13.1. The molecular weight excluding hydrogens is 224 g/mol. The molecule has 0 aliphatic carbocycles. The first-order valence-corrected chi connectivity index (χ1v) is 6.73. The first kappa shape index (κ1) is 14.9. The summed E-state index contributed by atoms with van der Waals surface area (Å²) in [5, 5.41) is 3.31. The van der Waals surface area contributed by atoms with E-state index in [9.17, 15) is 0 Å². The second-order valence-electron chi connectivity index (χ2n) is 5.68. The standard InChI is InChI=1S/C14H26N4/c1-9(2)6-12(15)8-16-13-7-11(5)17-14(18-13)10(3)4/h7,9-10,12H,6,8,15H2,1-5H3,(H,16,17,18). The Labute approximate surface area is 110 Å². The fraction of sp³-hybridized carbons (Fsp3) is 0.714. The van der Waals surface area contributed by atoms with Crippen LogP contribution in [-0.2, 0) is 0 Å². The molecule has 0 fully saturated rings. The summed E-state index contributed by atoms with van der Waals surface area (Å²) in [5.74, 6) is 2.73. The van der Waals surface area contributed by atoms with Gasteiger partial charge < -0.3 is 11.1 Å². The van der Waals surface area contributed by atoms with E-state index in [2.05, 4.69) is 43.0 Å². The molecule has 0 aliphatic heterocycles. The highest BCUT2D eigenvalue weighted by Gasteiger charge is 2.08. The number of anilines is 1. The summed E-state index contributed by atoms with van der Waals surface area (Å²) in [5.41, 5.74) is 7.05. The zero-order valence-corrected chi connectivity index (χ0v) is 12.2. The van der Waals surface area contributed by atoms with Crippen molar-refractivity contribution in [3.8, 4) is 0 Å². The number of aryl methyl sites for hydroxylation is 1. The van der Waals surface area contributed by atoms with Gasteiger partial charge in [0.25, 0.3) is 0 Å². The van der Waals surface area contributed by atoms with Crippen LogP contribution in [0.15, 0.2) is 6.07 Å². The highest BCUT2D eigenvalue weighted by atomic mass is 15.0. The third kappa shape index (κ3) is 5.00. The summed E-state index contributed by atoms with van der Waals surface area (Å²) in [6.45, 7) is 11.3. The lowest BCUT2D eigenvalue weighted by Crippen LogP contribution is -2.30. The zero-order chi connectivity index (χ0) is 13.7. The van der Waals surface area contributed by atoms with Crippen molar-refractivity contribution in [2.24, 2.45) is 11.7 Å². The van der Waals surface area contributed by atoms with E-state index in [1.165, 1.54) is 0 Å². The number of nitrogens with zero attached hydrogens (tertiary/aromatic N) is 2. The molecule has 0 bridgehead atoms. The second kappa shape index (κ2) is 6.69. The highest BCUT2D eigenvalue weighted by Crippen LogP contribution is 2.13. The SMILES string of the molecule is Cc1cc(NCC(N)CC(C)C)nc(C(C)C)n1. The first-order valence-electron chi connectivity index (χ1n) is 6.73. The molecule has 3 N–H and O–H groups in total. The topological polar surface area (TPSA) is 63.8 Å². The minimum atomic E-state index is 0.169. The van der Waals surface area contributed by atoms with Crippen molar-refractivity contribution >= 4 is 5.82 Å². The Morgan fingerprint density at radius 2 is 1.89 bits per heavy atom. The summed E-state index contributed by atoms with van der Waals surface area (Å²) >= 11 is 0. The van der Waals surface area contributed by atoms with E-state index in [-0.39, 0.29) is 6.04 Å². The molecule has 1 atom stereocenters. The molecule has 0 spiro atoms. The Morgan fingerprint density at radius 1 is 1.22 bits per heavy atom. The molecule has 0 saturated heterocycles. The van der Waals surface area contributed by atoms with E-state index in [1.54, 1.807) is 0 Å². The Balaban J connectivity index is 2.62. The van der Waals surface area contributed by atoms with Gasteiger partial charge in [-0.05, 0) is 19.3 Å². The molecule has 0 amide bonds. The fourth-order valence-corrected chi connectivity index (χ4v) is 1.86. The van der Waals surface area contributed by atoms with E-state index in [0.29, 0.717) is 11.8 Å². The van der Waals surface area contributed by atoms with Gasteiger partial charge in [-0.1, -0.05) is 27.7 Å². The summed E-state index contributed by atoms with van der Waals surface area (Å²) in [4.78, 5) is 8.93. The van der Waals surface area contributed by atoms with E-state index < -0.39 is 0 Å². The van der Waals surface area contributed by atoms with Crippen molar-refractivity contribution in [1.82, 2.24) is 9.97 Å². The molecule has 102 valence electrons. The van der Waals surface area contributed by atoms with Crippen molar-refractivity contribution in [1.29, 1.82) is 0 Å². The van der Waals surface area contributed by atoms with Gasteiger partial charge in [0, 0.05) is 30.3 Å². The van der Waals surface area contributed by atoms with Gasteiger partial charge >= 0.3 is 0 Å². The van der Waals surface area contributed by atoms with Crippen LogP contribution in [0, 0.1) is 12.8 Å². The van der Waals surface area contributed by atoms with Gasteiger partial charge in [0.15, 0.2) is 0 Å². The van der Waals surface area contributed by atoms with Crippen molar-refractivity contribution in [3.63, 3.8) is 0 Å². The number of rotatable bonds is 6. The first-order chi connectivity index (χ1) is 8.38. The number of hydrogen-bond acceptors (Lipinski definition) is 4. The van der Waals surface area contributed by atoms with Crippen molar-refractivity contribution in [2.75, 3.05) is 11.9 Å². The molecule has 1 heterocycles. The summed E-state index contributed by atoms with van der Waals surface area (Å²) < 4.78 is 0. The minimum Gasteiger partial charge on any atom is -0.368 e. The molecule has 1 unspecified atom stereocenters. The van der Waals surface area contributed by atoms with Gasteiger partial charge in [-0.25, -0.2) is 9.97 Å². The maximum atomic E-state index is 6.05. The molecule has 0 radical (unpaired) electrons. The summed E-state index contributed by atoms with van der Waals surface area (Å²) in [6, 6.07) is 2.14.